The van der Waals surface area contributed by atoms with Gasteiger partial charge in [0.2, 0.25) is 5.91 Å². The number of rotatable bonds is 5. The van der Waals surface area contributed by atoms with Gasteiger partial charge in [0.15, 0.2) is 0 Å². The zero-order valence-electron chi connectivity index (χ0n) is 11.3. The number of halogens is 1. The highest BCUT2D eigenvalue weighted by atomic mass is 79.9. The third-order valence-electron chi connectivity index (χ3n) is 3.68. The molecule has 0 bridgehead atoms. The number of methoxy groups -OCH3 is 1. The van der Waals surface area contributed by atoms with Gasteiger partial charge in [0.25, 0.3) is 0 Å². The Morgan fingerprint density at radius 2 is 2.30 bits per heavy atom. The lowest BCUT2D eigenvalue weighted by molar-refractivity contribution is -0.122. The van der Waals surface area contributed by atoms with Gasteiger partial charge in [0.1, 0.15) is 5.75 Å². The van der Waals surface area contributed by atoms with Crippen LogP contribution in [-0.4, -0.2) is 24.5 Å². The Balaban J connectivity index is 1.75. The molecule has 106 valence electrons. The van der Waals surface area contributed by atoms with Gasteiger partial charge >= 0.3 is 0 Å². The van der Waals surface area contributed by atoms with E-state index in [1.54, 1.807) is 7.11 Å². The SMILES string of the molecule is COc1ccc2[nH]c(Br)c(CCNC(=O)C3CC3)c2c1. The number of hydrogen-bond donors (Lipinski definition) is 2. The zero-order valence-corrected chi connectivity index (χ0v) is 12.9. The molecule has 1 amide bonds. The van der Waals surface area contributed by atoms with Crippen LogP contribution in [0.4, 0.5) is 0 Å². The lowest BCUT2D eigenvalue weighted by Crippen LogP contribution is -2.26. The average Bonchev–Trinajstić information content (AvgIpc) is 3.24. The molecular formula is C15H17BrN2O2. The Morgan fingerprint density at radius 1 is 1.50 bits per heavy atom. The summed E-state index contributed by atoms with van der Waals surface area (Å²) in [5, 5.41) is 4.13. The van der Waals surface area contributed by atoms with Crippen LogP contribution in [0.5, 0.6) is 5.75 Å². The highest BCUT2D eigenvalue weighted by molar-refractivity contribution is 9.10. The number of benzene rings is 1. The molecule has 1 aliphatic carbocycles. The van der Waals surface area contributed by atoms with E-state index in [1.807, 2.05) is 18.2 Å². The minimum absolute atomic E-state index is 0.193. The van der Waals surface area contributed by atoms with Crippen molar-refractivity contribution in [2.75, 3.05) is 13.7 Å². The normalized spacial score (nSPS) is 14.5. The number of ether oxygens (including phenoxy) is 1. The molecule has 0 radical (unpaired) electrons. The number of carbonyl (C=O) groups is 1. The van der Waals surface area contributed by atoms with Gasteiger partial charge in [-0.2, -0.15) is 0 Å². The summed E-state index contributed by atoms with van der Waals surface area (Å²) in [6.07, 6.45) is 2.88. The fourth-order valence-electron chi connectivity index (χ4n) is 2.37. The second-order valence-corrected chi connectivity index (χ2v) is 5.94. The highest BCUT2D eigenvalue weighted by Gasteiger charge is 2.29. The van der Waals surface area contributed by atoms with Crippen LogP contribution in [0.25, 0.3) is 10.9 Å². The summed E-state index contributed by atoms with van der Waals surface area (Å²) in [5.41, 5.74) is 2.25. The van der Waals surface area contributed by atoms with Crippen molar-refractivity contribution in [1.82, 2.24) is 10.3 Å². The first-order valence-corrected chi connectivity index (χ1v) is 7.60. The maximum atomic E-state index is 11.6. The third kappa shape index (κ3) is 2.68. The number of carbonyl (C=O) groups excluding carboxylic acids is 1. The summed E-state index contributed by atoms with van der Waals surface area (Å²) >= 11 is 3.56. The molecule has 0 atom stereocenters. The second-order valence-electron chi connectivity index (χ2n) is 5.14. The molecule has 0 unspecified atom stereocenters. The molecule has 0 spiro atoms. The molecule has 1 fully saturated rings. The van der Waals surface area contributed by atoms with Crippen LogP contribution in [0.3, 0.4) is 0 Å². The van der Waals surface area contributed by atoms with Crippen molar-refractivity contribution in [3.05, 3.63) is 28.4 Å². The summed E-state index contributed by atoms with van der Waals surface area (Å²) in [4.78, 5) is 14.9. The Morgan fingerprint density at radius 3 is 3.00 bits per heavy atom. The van der Waals surface area contributed by atoms with Crippen molar-refractivity contribution in [2.45, 2.75) is 19.3 Å². The quantitative estimate of drug-likeness (QED) is 0.881. The first-order chi connectivity index (χ1) is 9.69. The molecule has 1 aromatic heterocycles. The summed E-state index contributed by atoms with van der Waals surface area (Å²) in [5.74, 6) is 1.30. The molecule has 20 heavy (non-hydrogen) atoms. The molecule has 5 heteroatoms. The molecule has 0 aliphatic heterocycles. The standard InChI is InChI=1S/C15H17BrN2O2/c1-20-10-4-5-13-12(8-10)11(14(16)18-13)6-7-17-15(19)9-2-3-9/h4-5,8-9,18H,2-3,6-7H2,1H3,(H,17,19). The smallest absolute Gasteiger partial charge is 0.223 e. The van der Waals surface area contributed by atoms with Crippen LogP contribution in [0.1, 0.15) is 18.4 Å². The lowest BCUT2D eigenvalue weighted by Gasteiger charge is -2.05. The summed E-state index contributed by atoms with van der Waals surface area (Å²) in [6.45, 7) is 0.665. The van der Waals surface area contributed by atoms with Crippen LogP contribution in [0.2, 0.25) is 0 Å². The van der Waals surface area contributed by atoms with Crippen LogP contribution < -0.4 is 10.1 Å². The van der Waals surface area contributed by atoms with Crippen molar-refractivity contribution in [3.63, 3.8) is 0 Å². The first-order valence-electron chi connectivity index (χ1n) is 6.81. The molecular weight excluding hydrogens is 320 g/mol. The molecule has 0 saturated heterocycles. The maximum Gasteiger partial charge on any atom is 0.223 e. The van der Waals surface area contributed by atoms with Crippen molar-refractivity contribution in [1.29, 1.82) is 0 Å². The second kappa shape index (κ2) is 5.48. The Hall–Kier alpha value is -1.49. The molecule has 1 aromatic carbocycles. The van der Waals surface area contributed by atoms with Crippen LogP contribution in [0.15, 0.2) is 22.8 Å². The Bertz CT molecular complexity index is 647. The van der Waals surface area contributed by atoms with Gasteiger partial charge in [0.05, 0.1) is 11.7 Å². The van der Waals surface area contributed by atoms with Gasteiger partial charge in [-0.1, -0.05) is 0 Å². The van der Waals surface area contributed by atoms with E-state index in [2.05, 4.69) is 26.2 Å². The number of nitrogens with one attached hydrogen (secondary N) is 2. The number of aromatic amines is 1. The molecule has 4 nitrogen and oxygen atoms in total. The number of H-pyrrole nitrogens is 1. The van der Waals surface area contributed by atoms with E-state index < -0.39 is 0 Å². The van der Waals surface area contributed by atoms with Gasteiger partial charge < -0.3 is 15.0 Å². The number of fused-ring (bicyclic) bond motifs is 1. The molecule has 2 aromatic rings. The number of hydrogen-bond acceptors (Lipinski definition) is 2. The molecule has 1 heterocycles. The van der Waals surface area contributed by atoms with E-state index in [1.165, 1.54) is 5.56 Å². The summed E-state index contributed by atoms with van der Waals surface area (Å²) in [7, 11) is 1.67. The van der Waals surface area contributed by atoms with Crippen molar-refractivity contribution in [3.8, 4) is 5.75 Å². The van der Waals surface area contributed by atoms with Crippen LogP contribution >= 0.6 is 15.9 Å². The van der Waals surface area contributed by atoms with Gasteiger partial charge in [-0.3, -0.25) is 4.79 Å². The fraction of sp³-hybridized carbons (Fsp3) is 0.400. The molecule has 3 rings (SSSR count). The molecule has 1 saturated carbocycles. The van der Waals surface area contributed by atoms with E-state index in [-0.39, 0.29) is 11.8 Å². The number of aromatic nitrogens is 1. The Labute approximate surface area is 126 Å². The molecule has 2 N–H and O–H groups in total. The van der Waals surface area contributed by atoms with Gasteiger partial charge in [-0.05, 0) is 59.0 Å². The lowest BCUT2D eigenvalue weighted by atomic mass is 10.1. The van der Waals surface area contributed by atoms with Crippen molar-refractivity contribution < 1.29 is 9.53 Å². The maximum absolute atomic E-state index is 11.6. The topological polar surface area (TPSA) is 54.1 Å². The monoisotopic (exact) mass is 336 g/mol. The largest absolute Gasteiger partial charge is 0.497 e. The Kier molecular flexibility index (Phi) is 3.70. The van der Waals surface area contributed by atoms with Crippen LogP contribution in [-0.2, 0) is 11.2 Å². The van der Waals surface area contributed by atoms with Gasteiger partial charge in [-0.25, -0.2) is 0 Å². The van der Waals surface area contributed by atoms with Crippen molar-refractivity contribution in [2.24, 2.45) is 5.92 Å². The number of amides is 1. The van der Waals surface area contributed by atoms with E-state index in [4.69, 9.17) is 4.74 Å². The summed E-state index contributed by atoms with van der Waals surface area (Å²) < 4.78 is 6.24. The zero-order chi connectivity index (χ0) is 14.1. The first kappa shape index (κ1) is 13.5. The summed E-state index contributed by atoms with van der Waals surface area (Å²) in [6, 6.07) is 5.96. The predicted octanol–water partition coefficient (Wildman–Crippen LogP) is 3.01. The minimum Gasteiger partial charge on any atom is -0.497 e. The highest BCUT2D eigenvalue weighted by Crippen LogP contribution is 2.30. The predicted molar refractivity (Wildman–Crippen MR) is 82.0 cm³/mol. The van der Waals surface area contributed by atoms with E-state index in [0.29, 0.717) is 6.54 Å². The van der Waals surface area contributed by atoms with E-state index >= 15 is 0 Å². The van der Waals surface area contributed by atoms with E-state index in [0.717, 1.165) is 40.5 Å². The van der Waals surface area contributed by atoms with E-state index in [9.17, 15) is 4.79 Å². The molecule has 1 aliphatic rings. The van der Waals surface area contributed by atoms with Gasteiger partial charge in [-0.15, -0.1) is 0 Å². The van der Waals surface area contributed by atoms with Crippen LogP contribution in [0, 0.1) is 5.92 Å². The third-order valence-corrected chi connectivity index (χ3v) is 4.36. The minimum atomic E-state index is 0.193. The average molecular weight is 337 g/mol. The van der Waals surface area contributed by atoms with Crippen molar-refractivity contribution >= 4 is 32.7 Å². The van der Waals surface area contributed by atoms with Gasteiger partial charge in [0, 0.05) is 23.4 Å². The fourth-order valence-corrected chi connectivity index (χ4v) is 2.99.